The fourth-order valence-electron chi connectivity index (χ4n) is 4.53. The summed E-state index contributed by atoms with van der Waals surface area (Å²) >= 11 is 0. The number of benzene rings is 2. The number of carbonyl (C=O) groups is 2. The first kappa shape index (κ1) is 24.3. The molecule has 0 fully saturated rings. The van der Waals surface area contributed by atoms with E-state index >= 15 is 0 Å². The molecule has 35 heavy (non-hydrogen) atoms. The van der Waals surface area contributed by atoms with E-state index in [0.29, 0.717) is 29.6 Å². The molecule has 0 unspecified atom stereocenters. The van der Waals surface area contributed by atoms with Crippen LogP contribution in [0.5, 0.6) is 0 Å². The van der Waals surface area contributed by atoms with E-state index in [-0.39, 0.29) is 12.8 Å². The summed E-state index contributed by atoms with van der Waals surface area (Å²) in [6, 6.07) is 12.7. The number of hydrogen-bond acceptors (Lipinski definition) is 5. The van der Waals surface area contributed by atoms with E-state index in [9.17, 15) is 19.5 Å². The number of nitrogens with one attached hydrogen (secondary N) is 1. The largest absolute Gasteiger partial charge is 0.480 e. The Labute approximate surface area is 202 Å². The standard InChI is InChI=1S/C28H29NO6/c1-4-5-11-22(27(31)32)29-25(30)13-12-19-16(2)20-14-21-24(15-23(20)35-28(19)33)34-17(3)26(21)18-9-7-6-8-10-18/h6-10,14-15,22H,4-5,11-13H2,1-3H3,(H,29,30)(H,31,32)/t22-/m1/s1. The van der Waals surface area contributed by atoms with Crippen LogP contribution in [-0.2, 0) is 16.0 Å². The second-order valence-electron chi connectivity index (χ2n) is 8.84. The van der Waals surface area contributed by atoms with Crippen LogP contribution in [0, 0.1) is 13.8 Å². The SMILES string of the molecule is CCCC[C@@H](NC(=O)CCc1c(C)c2cc3c(-c4ccccc4)c(C)oc3cc2oc1=O)C(=O)O. The van der Waals surface area contributed by atoms with Gasteiger partial charge in [0, 0.05) is 34.4 Å². The zero-order chi connectivity index (χ0) is 25.1. The Balaban J connectivity index is 1.65. The maximum absolute atomic E-state index is 12.7. The van der Waals surface area contributed by atoms with Gasteiger partial charge in [0.05, 0.1) is 0 Å². The van der Waals surface area contributed by atoms with Crippen molar-refractivity contribution in [2.24, 2.45) is 0 Å². The zero-order valence-corrected chi connectivity index (χ0v) is 20.1. The maximum atomic E-state index is 12.7. The summed E-state index contributed by atoms with van der Waals surface area (Å²) in [5.74, 6) is -0.684. The molecule has 0 aliphatic heterocycles. The molecule has 0 bridgehead atoms. The molecule has 2 N–H and O–H groups in total. The molecule has 7 heteroatoms. The predicted octanol–water partition coefficient (Wildman–Crippen LogP) is 5.52. The minimum absolute atomic E-state index is 0.00462. The van der Waals surface area contributed by atoms with Crippen molar-refractivity contribution in [3.63, 3.8) is 0 Å². The van der Waals surface area contributed by atoms with Crippen LogP contribution in [0.25, 0.3) is 33.1 Å². The van der Waals surface area contributed by atoms with E-state index in [1.54, 1.807) is 6.07 Å². The molecule has 0 radical (unpaired) electrons. The number of carboxylic acids is 1. The zero-order valence-electron chi connectivity index (χ0n) is 20.1. The quantitative estimate of drug-likeness (QED) is 0.309. The van der Waals surface area contributed by atoms with E-state index in [2.05, 4.69) is 5.32 Å². The highest BCUT2D eigenvalue weighted by Crippen LogP contribution is 2.37. The molecule has 2 aromatic carbocycles. The van der Waals surface area contributed by atoms with Gasteiger partial charge in [-0.05, 0) is 43.9 Å². The molecule has 2 aromatic heterocycles. The Morgan fingerprint density at radius 3 is 2.43 bits per heavy atom. The molecular formula is C28H29NO6. The first-order valence-corrected chi connectivity index (χ1v) is 11.9. The van der Waals surface area contributed by atoms with Crippen LogP contribution in [0.4, 0.5) is 0 Å². The van der Waals surface area contributed by atoms with Crippen molar-refractivity contribution in [3.05, 3.63) is 69.8 Å². The number of carboxylic acid groups (broad SMARTS) is 1. The second kappa shape index (κ2) is 10.2. The van der Waals surface area contributed by atoms with Gasteiger partial charge in [-0.2, -0.15) is 0 Å². The third-order valence-corrected chi connectivity index (χ3v) is 6.42. The third-order valence-electron chi connectivity index (χ3n) is 6.42. The van der Waals surface area contributed by atoms with Gasteiger partial charge in [0.1, 0.15) is 23.0 Å². The van der Waals surface area contributed by atoms with Gasteiger partial charge < -0.3 is 19.3 Å². The van der Waals surface area contributed by atoms with Crippen molar-refractivity contribution < 1.29 is 23.5 Å². The summed E-state index contributed by atoms with van der Waals surface area (Å²) in [6.07, 6.45) is 2.07. The number of unbranched alkanes of at least 4 members (excludes halogenated alkanes) is 1. The Kier molecular flexibility index (Phi) is 7.05. The Bertz CT molecular complexity index is 1450. The molecule has 2 heterocycles. The fourth-order valence-corrected chi connectivity index (χ4v) is 4.53. The van der Waals surface area contributed by atoms with Gasteiger partial charge in [0.2, 0.25) is 5.91 Å². The Morgan fingerprint density at radius 2 is 1.74 bits per heavy atom. The normalized spacial score (nSPS) is 12.2. The molecule has 0 spiro atoms. The highest BCUT2D eigenvalue weighted by molar-refractivity contribution is 6.03. The monoisotopic (exact) mass is 475 g/mol. The van der Waals surface area contributed by atoms with Crippen LogP contribution in [0.15, 0.2) is 56.1 Å². The third kappa shape index (κ3) is 4.99. The minimum Gasteiger partial charge on any atom is -0.480 e. The topological polar surface area (TPSA) is 110 Å². The van der Waals surface area contributed by atoms with Crippen LogP contribution in [0.3, 0.4) is 0 Å². The number of fused-ring (bicyclic) bond motifs is 2. The second-order valence-corrected chi connectivity index (χ2v) is 8.84. The molecule has 0 saturated carbocycles. The van der Waals surface area contributed by atoms with Crippen LogP contribution in [-0.4, -0.2) is 23.0 Å². The van der Waals surface area contributed by atoms with E-state index < -0.39 is 23.5 Å². The number of hydrogen-bond donors (Lipinski definition) is 2. The van der Waals surface area contributed by atoms with E-state index in [4.69, 9.17) is 8.83 Å². The molecular weight excluding hydrogens is 446 g/mol. The molecule has 1 atom stereocenters. The van der Waals surface area contributed by atoms with Crippen molar-refractivity contribution in [1.29, 1.82) is 0 Å². The summed E-state index contributed by atoms with van der Waals surface area (Å²) < 4.78 is 11.6. The van der Waals surface area contributed by atoms with Crippen molar-refractivity contribution in [2.45, 2.75) is 58.9 Å². The number of amides is 1. The summed E-state index contributed by atoms with van der Waals surface area (Å²) in [7, 11) is 0. The molecule has 4 aromatic rings. The summed E-state index contributed by atoms with van der Waals surface area (Å²) in [6.45, 7) is 5.71. The van der Waals surface area contributed by atoms with Crippen molar-refractivity contribution in [3.8, 4) is 11.1 Å². The number of carbonyl (C=O) groups excluding carboxylic acids is 1. The smallest absolute Gasteiger partial charge is 0.339 e. The average Bonchev–Trinajstić information content (AvgIpc) is 3.15. The first-order valence-electron chi connectivity index (χ1n) is 11.9. The highest BCUT2D eigenvalue weighted by Gasteiger charge is 2.21. The highest BCUT2D eigenvalue weighted by atomic mass is 16.4. The van der Waals surface area contributed by atoms with Crippen LogP contribution >= 0.6 is 0 Å². The molecule has 182 valence electrons. The van der Waals surface area contributed by atoms with Gasteiger partial charge in [0.15, 0.2) is 0 Å². The van der Waals surface area contributed by atoms with Gasteiger partial charge >= 0.3 is 11.6 Å². The van der Waals surface area contributed by atoms with E-state index in [1.165, 1.54) is 0 Å². The summed E-state index contributed by atoms with van der Waals surface area (Å²) in [5.41, 5.74) is 3.72. The lowest BCUT2D eigenvalue weighted by Crippen LogP contribution is -2.40. The summed E-state index contributed by atoms with van der Waals surface area (Å²) in [4.78, 5) is 36.6. The van der Waals surface area contributed by atoms with Crippen LogP contribution < -0.4 is 10.9 Å². The lowest BCUT2D eigenvalue weighted by atomic mass is 9.98. The average molecular weight is 476 g/mol. The minimum atomic E-state index is -1.05. The van der Waals surface area contributed by atoms with Crippen molar-refractivity contribution >= 4 is 33.8 Å². The molecule has 4 rings (SSSR count). The van der Waals surface area contributed by atoms with Gasteiger partial charge in [-0.1, -0.05) is 50.1 Å². The summed E-state index contributed by atoms with van der Waals surface area (Å²) in [5, 5.41) is 13.6. The number of rotatable bonds is 9. The number of aryl methyl sites for hydroxylation is 2. The molecule has 1 amide bonds. The number of aliphatic carboxylic acids is 1. The Hall–Kier alpha value is -3.87. The predicted molar refractivity (Wildman–Crippen MR) is 135 cm³/mol. The van der Waals surface area contributed by atoms with Crippen LogP contribution in [0.1, 0.15) is 49.5 Å². The maximum Gasteiger partial charge on any atom is 0.339 e. The lowest BCUT2D eigenvalue weighted by molar-refractivity contribution is -0.142. The first-order chi connectivity index (χ1) is 16.8. The lowest BCUT2D eigenvalue weighted by Gasteiger charge is -2.14. The van der Waals surface area contributed by atoms with Crippen molar-refractivity contribution in [1.82, 2.24) is 5.32 Å². The molecule has 0 saturated heterocycles. The van der Waals surface area contributed by atoms with Gasteiger partial charge in [-0.15, -0.1) is 0 Å². The number of furan rings is 1. The van der Waals surface area contributed by atoms with E-state index in [0.717, 1.165) is 39.6 Å². The van der Waals surface area contributed by atoms with Gasteiger partial charge in [-0.3, -0.25) is 4.79 Å². The fraction of sp³-hybridized carbons (Fsp3) is 0.321. The van der Waals surface area contributed by atoms with E-state index in [1.807, 2.05) is 57.2 Å². The molecule has 0 aliphatic rings. The molecule has 0 aliphatic carbocycles. The molecule has 7 nitrogen and oxygen atoms in total. The van der Waals surface area contributed by atoms with Crippen LogP contribution in [0.2, 0.25) is 0 Å². The Morgan fingerprint density at radius 1 is 1.03 bits per heavy atom. The van der Waals surface area contributed by atoms with Gasteiger partial charge in [-0.25, -0.2) is 9.59 Å². The van der Waals surface area contributed by atoms with Crippen molar-refractivity contribution in [2.75, 3.05) is 0 Å². The van der Waals surface area contributed by atoms with Gasteiger partial charge in [0.25, 0.3) is 0 Å².